The van der Waals surface area contributed by atoms with E-state index in [4.69, 9.17) is 11.6 Å². The topological polar surface area (TPSA) is 71.1 Å². The molecule has 26 heavy (non-hydrogen) atoms. The molecule has 0 radical (unpaired) electrons. The number of rotatable bonds is 3. The zero-order chi connectivity index (χ0) is 18.9. The molecule has 0 spiro atoms. The molecule has 1 aliphatic rings. The van der Waals surface area contributed by atoms with Gasteiger partial charge < -0.3 is 10.6 Å². The van der Waals surface area contributed by atoms with E-state index in [1.54, 1.807) is 12.1 Å². The summed E-state index contributed by atoms with van der Waals surface area (Å²) in [6.07, 6.45) is 1.38. The lowest BCUT2D eigenvalue weighted by Gasteiger charge is -2.35. The fraction of sp³-hybridized carbons (Fsp3) is 0.333. The monoisotopic (exact) mass is 395 g/mol. The van der Waals surface area contributed by atoms with Crippen LogP contribution < -0.4 is 10.6 Å². The van der Waals surface area contributed by atoms with E-state index in [2.05, 4.69) is 15.6 Å². The van der Waals surface area contributed by atoms with Crippen molar-refractivity contribution in [3.05, 3.63) is 58.6 Å². The fourth-order valence-corrected chi connectivity index (χ4v) is 4.09. The molecule has 1 aliphatic heterocycles. The molecule has 1 aromatic heterocycles. The van der Waals surface area contributed by atoms with Crippen molar-refractivity contribution in [2.24, 2.45) is 0 Å². The van der Waals surface area contributed by atoms with Gasteiger partial charge in [0.25, 0.3) is 5.91 Å². The smallest absolute Gasteiger partial charge is 0.274 e. The first-order valence-electron chi connectivity index (χ1n) is 8.10. The predicted octanol–water partition coefficient (Wildman–Crippen LogP) is 3.30. The highest BCUT2D eigenvalue weighted by Crippen LogP contribution is 2.28. The molecule has 2 aromatic rings. The number of carbonyl (C=O) groups excluding carboxylic acids is 1. The zero-order valence-corrected chi connectivity index (χ0v) is 16.0. The third-order valence-corrected chi connectivity index (χ3v) is 6.53. The molecule has 3 rings (SSSR count). The van der Waals surface area contributed by atoms with Gasteiger partial charge in [0, 0.05) is 46.6 Å². The van der Waals surface area contributed by atoms with Crippen molar-refractivity contribution >= 4 is 34.0 Å². The summed E-state index contributed by atoms with van der Waals surface area (Å²) in [5.74, 6) is -0.498. The Morgan fingerprint density at radius 2 is 2.15 bits per heavy atom. The quantitative estimate of drug-likeness (QED) is 0.836. The van der Waals surface area contributed by atoms with Gasteiger partial charge in [0.05, 0.1) is 9.77 Å². The van der Waals surface area contributed by atoms with Crippen LogP contribution in [0.5, 0.6) is 0 Å². The van der Waals surface area contributed by atoms with Gasteiger partial charge in [-0.3, -0.25) is 9.00 Å². The van der Waals surface area contributed by atoms with Crippen LogP contribution in [0.15, 0.2) is 36.5 Å². The zero-order valence-electron chi connectivity index (χ0n) is 14.4. The molecule has 0 aliphatic carbocycles. The lowest BCUT2D eigenvalue weighted by atomic mass is 10.0. The molecule has 1 aromatic carbocycles. The molecule has 8 heteroatoms. The molecule has 2 N–H and O–H groups in total. The van der Waals surface area contributed by atoms with Gasteiger partial charge >= 0.3 is 0 Å². The van der Waals surface area contributed by atoms with Crippen LogP contribution in [-0.2, 0) is 10.8 Å². The van der Waals surface area contributed by atoms with Crippen molar-refractivity contribution in [1.82, 2.24) is 10.3 Å². The van der Waals surface area contributed by atoms with Crippen LogP contribution in [0.2, 0.25) is 5.02 Å². The van der Waals surface area contributed by atoms with Crippen LogP contribution in [0.4, 0.5) is 10.1 Å². The van der Waals surface area contributed by atoms with E-state index in [1.165, 1.54) is 24.4 Å². The van der Waals surface area contributed by atoms with E-state index in [1.807, 2.05) is 13.8 Å². The summed E-state index contributed by atoms with van der Waals surface area (Å²) in [7, 11) is -1.08. The summed E-state index contributed by atoms with van der Waals surface area (Å²) in [5, 5.41) is 6.37. The molecule has 138 valence electrons. The summed E-state index contributed by atoms with van der Waals surface area (Å²) < 4.78 is 26.3. The molecular weight excluding hydrogens is 377 g/mol. The summed E-state index contributed by atoms with van der Waals surface area (Å²) >= 11 is 5.76. The summed E-state index contributed by atoms with van der Waals surface area (Å²) in [6.45, 7) is 4.35. The van der Waals surface area contributed by atoms with Gasteiger partial charge in [-0.05, 0) is 44.2 Å². The van der Waals surface area contributed by atoms with E-state index in [9.17, 15) is 13.4 Å². The predicted molar refractivity (Wildman–Crippen MR) is 101 cm³/mol. The lowest BCUT2D eigenvalue weighted by Crippen LogP contribution is -2.49. The number of anilines is 1. The number of nitrogens with zero attached hydrogens (tertiary/aromatic N) is 1. The Labute approximate surface area is 158 Å². The van der Waals surface area contributed by atoms with Crippen LogP contribution >= 0.6 is 11.6 Å². The van der Waals surface area contributed by atoms with E-state index in [-0.39, 0.29) is 16.5 Å². The van der Waals surface area contributed by atoms with Crippen LogP contribution in [0.1, 0.15) is 35.9 Å². The number of hydrogen-bond acceptors (Lipinski definition) is 4. The minimum Gasteiger partial charge on any atom is -0.321 e. The molecule has 1 amide bonds. The van der Waals surface area contributed by atoms with Gasteiger partial charge in [-0.25, -0.2) is 9.37 Å². The molecule has 1 saturated heterocycles. The second kappa shape index (κ2) is 7.42. The Bertz CT molecular complexity index is 858. The van der Waals surface area contributed by atoms with Crippen molar-refractivity contribution < 1.29 is 13.4 Å². The summed E-state index contributed by atoms with van der Waals surface area (Å²) in [6, 6.07) is 7.06. The molecule has 1 fully saturated rings. The number of carbonyl (C=O) groups is 1. The van der Waals surface area contributed by atoms with Gasteiger partial charge in [-0.15, -0.1) is 0 Å². The second-order valence-corrected chi connectivity index (χ2v) is 9.32. The molecule has 0 saturated carbocycles. The lowest BCUT2D eigenvalue weighted by molar-refractivity contribution is 0.102. The molecule has 5 nitrogen and oxygen atoms in total. The number of nitrogens with one attached hydrogen (secondary N) is 2. The summed E-state index contributed by atoms with van der Waals surface area (Å²) in [4.78, 5) is 16.2. The van der Waals surface area contributed by atoms with Crippen molar-refractivity contribution in [2.75, 3.05) is 17.6 Å². The molecular formula is C18H19ClFN3O2S. The first-order valence-corrected chi connectivity index (χ1v) is 9.80. The maximum absolute atomic E-state index is 14.3. The van der Waals surface area contributed by atoms with Crippen LogP contribution in [-0.4, -0.2) is 32.1 Å². The van der Waals surface area contributed by atoms with Crippen molar-refractivity contribution in [3.8, 4) is 0 Å². The van der Waals surface area contributed by atoms with Gasteiger partial charge in [0.15, 0.2) is 0 Å². The second-order valence-electron chi connectivity index (χ2n) is 6.76. The van der Waals surface area contributed by atoms with Crippen LogP contribution in [0.25, 0.3) is 0 Å². The van der Waals surface area contributed by atoms with E-state index >= 15 is 0 Å². The molecule has 2 atom stereocenters. The minimum atomic E-state index is -1.08. The van der Waals surface area contributed by atoms with Gasteiger partial charge in [-0.1, -0.05) is 11.6 Å². The van der Waals surface area contributed by atoms with Crippen molar-refractivity contribution in [2.45, 2.75) is 24.6 Å². The highest BCUT2D eigenvalue weighted by molar-refractivity contribution is 7.86. The van der Waals surface area contributed by atoms with Crippen LogP contribution in [0, 0.1) is 5.82 Å². The first kappa shape index (κ1) is 18.9. The Balaban J connectivity index is 1.78. The van der Waals surface area contributed by atoms with Gasteiger partial charge in [-0.2, -0.15) is 0 Å². The highest BCUT2D eigenvalue weighted by Gasteiger charge is 2.35. The first-order chi connectivity index (χ1) is 12.3. The number of aromatic nitrogens is 1. The maximum atomic E-state index is 14.3. The van der Waals surface area contributed by atoms with Gasteiger partial charge in [0.1, 0.15) is 11.5 Å². The van der Waals surface area contributed by atoms with Crippen molar-refractivity contribution in [3.63, 3.8) is 0 Å². The number of halogens is 2. The highest BCUT2D eigenvalue weighted by atomic mass is 35.5. The summed E-state index contributed by atoms with van der Waals surface area (Å²) in [5.41, 5.74) is 1.04. The Kier molecular flexibility index (Phi) is 5.41. The number of hydrogen-bond donors (Lipinski definition) is 2. The molecule has 2 heterocycles. The third kappa shape index (κ3) is 4.11. The van der Waals surface area contributed by atoms with E-state index in [0.29, 0.717) is 28.6 Å². The standard InChI is InChI=1S/C18H19ClFN3O2S/c1-18(2)10-22-16(9-26(18)25)13-7-12(4-5-14(13)20)23-17(24)15-6-3-11(19)8-21-15/h3-8,16,22H,9-10H2,1-2H3,(H,23,24). The van der Waals surface area contributed by atoms with Crippen LogP contribution in [0.3, 0.4) is 0 Å². The number of amides is 1. The third-order valence-electron chi connectivity index (χ3n) is 4.30. The average molecular weight is 396 g/mol. The maximum Gasteiger partial charge on any atom is 0.274 e. The fourth-order valence-electron chi connectivity index (χ4n) is 2.68. The van der Waals surface area contributed by atoms with Gasteiger partial charge in [0.2, 0.25) is 0 Å². The van der Waals surface area contributed by atoms with Crippen molar-refractivity contribution in [1.29, 1.82) is 0 Å². The number of benzene rings is 1. The Hall–Kier alpha value is -1.83. The minimum absolute atomic E-state index is 0.207. The molecule has 0 bridgehead atoms. The SMILES string of the molecule is CC1(C)CNC(c2cc(NC(=O)c3ccc(Cl)cn3)ccc2F)CS1=O. The largest absolute Gasteiger partial charge is 0.321 e. The number of pyridine rings is 1. The normalized spacial score (nSPS) is 22.0. The Morgan fingerprint density at radius 3 is 2.81 bits per heavy atom. The average Bonchev–Trinajstić information content (AvgIpc) is 2.60. The van der Waals surface area contributed by atoms with E-state index in [0.717, 1.165) is 0 Å². The molecule has 2 unspecified atom stereocenters. The van der Waals surface area contributed by atoms with E-state index < -0.39 is 22.5 Å². The Morgan fingerprint density at radius 1 is 1.38 bits per heavy atom.